The Kier molecular flexibility index (Phi) is 4.75. The van der Waals surface area contributed by atoms with Gasteiger partial charge in [0, 0.05) is 28.4 Å². The first-order chi connectivity index (χ1) is 13.1. The Balaban J connectivity index is 1.81. The average molecular weight is 394 g/mol. The molecule has 4 nitrogen and oxygen atoms in total. The number of carbonyl (C=O) groups excluding carboxylic acids is 1. The fourth-order valence-electron chi connectivity index (χ4n) is 2.81. The molecule has 2 heterocycles. The van der Waals surface area contributed by atoms with Gasteiger partial charge in [0.1, 0.15) is 0 Å². The van der Waals surface area contributed by atoms with Gasteiger partial charge in [0.2, 0.25) is 0 Å². The molecule has 2 aromatic carbocycles. The van der Waals surface area contributed by atoms with E-state index in [2.05, 4.69) is 15.3 Å². The number of nitrogens with one attached hydrogen (secondary N) is 1. The van der Waals surface area contributed by atoms with Crippen LogP contribution in [0, 0.1) is 0 Å². The number of carbonyl (C=O) groups is 1. The SMILES string of the molecule is O=C(Nc1ccc(Cl)cc1Cl)c1cc(-c2cccnc2)nc2ccccc12. The van der Waals surface area contributed by atoms with Crippen LogP contribution in [0.3, 0.4) is 0 Å². The van der Waals surface area contributed by atoms with Crippen molar-refractivity contribution in [2.24, 2.45) is 0 Å². The van der Waals surface area contributed by atoms with Gasteiger partial charge in [-0.3, -0.25) is 9.78 Å². The topological polar surface area (TPSA) is 54.9 Å². The van der Waals surface area contributed by atoms with E-state index in [0.717, 1.165) is 16.5 Å². The van der Waals surface area contributed by atoms with Gasteiger partial charge in [0.25, 0.3) is 5.91 Å². The molecule has 132 valence electrons. The van der Waals surface area contributed by atoms with E-state index in [1.54, 1.807) is 36.7 Å². The summed E-state index contributed by atoms with van der Waals surface area (Å²) in [6, 6.07) is 17.9. The van der Waals surface area contributed by atoms with E-state index in [-0.39, 0.29) is 5.91 Å². The maximum absolute atomic E-state index is 13.0. The zero-order valence-electron chi connectivity index (χ0n) is 14.0. The van der Waals surface area contributed by atoms with Crippen LogP contribution in [0.2, 0.25) is 10.0 Å². The third-order valence-corrected chi connectivity index (χ3v) is 4.65. The van der Waals surface area contributed by atoms with Crippen molar-refractivity contribution in [2.45, 2.75) is 0 Å². The minimum Gasteiger partial charge on any atom is -0.321 e. The highest BCUT2D eigenvalue weighted by atomic mass is 35.5. The second-order valence-corrected chi connectivity index (χ2v) is 6.74. The Morgan fingerprint density at radius 2 is 1.81 bits per heavy atom. The number of amides is 1. The molecule has 2 aromatic heterocycles. The fraction of sp³-hybridized carbons (Fsp3) is 0. The predicted molar refractivity (Wildman–Crippen MR) is 109 cm³/mol. The van der Waals surface area contributed by atoms with Gasteiger partial charge in [-0.2, -0.15) is 0 Å². The highest BCUT2D eigenvalue weighted by molar-refractivity contribution is 6.37. The lowest BCUT2D eigenvalue weighted by Crippen LogP contribution is -2.13. The number of fused-ring (bicyclic) bond motifs is 1. The maximum atomic E-state index is 13.0. The summed E-state index contributed by atoms with van der Waals surface area (Å²) in [4.78, 5) is 21.8. The molecule has 1 N–H and O–H groups in total. The fourth-order valence-corrected chi connectivity index (χ4v) is 3.26. The molecule has 27 heavy (non-hydrogen) atoms. The van der Waals surface area contributed by atoms with E-state index in [1.165, 1.54) is 0 Å². The van der Waals surface area contributed by atoms with Crippen molar-refractivity contribution >= 4 is 45.7 Å². The molecule has 0 aliphatic heterocycles. The van der Waals surface area contributed by atoms with E-state index >= 15 is 0 Å². The summed E-state index contributed by atoms with van der Waals surface area (Å²) in [5.74, 6) is -0.275. The minimum atomic E-state index is -0.275. The summed E-state index contributed by atoms with van der Waals surface area (Å²) in [7, 11) is 0. The second-order valence-electron chi connectivity index (χ2n) is 5.89. The zero-order chi connectivity index (χ0) is 18.8. The van der Waals surface area contributed by atoms with Gasteiger partial charge in [0.05, 0.1) is 27.5 Å². The summed E-state index contributed by atoms with van der Waals surface area (Å²) in [6.07, 6.45) is 3.41. The van der Waals surface area contributed by atoms with Crippen LogP contribution < -0.4 is 5.32 Å². The summed E-state index contributed by atoms with van der Waals surface area (Å²) < 4.78 is 0. The second kappa shape index (κ2) is 7.35. The Bertz CT molecular complexity index is 1150. The van der Waals surface area contributed by atoms with Crippen LogP contribution in [0.15, 0.2) is 73.1 Å². The lowest BCUT2D eigenvalue weighted by Gasteiger charge is -2.11. The van der Waals surface area contributed by atoms with Crippen molar-refractivity contribution in [3.8, 4) is 11.3 Å². The number of hydrogen-bond donors (Lipinski definition) is 1. The lowest BCUT2D eigenvalue weighted by molar-refractivity contribution is 0.102. The number of aromatic nitrogens is 2. The highest BCUT2D eigenvalue weighted by Crippen LogP contribution is 2.28. The van der Waals surface area contributed by atoms with Gasteiger partial charge in [-0.05, 0) is 42.5 Å². The van der Waals surface area contributed by atoms with Crippen LogP contribution in [0.1, 0.15) is 10.4 Å². The van der Waals surface area contributed by atoms with E-state index in [1.807, 2.05) is 36.4 Å². The molecule has 0 aliphatic rings. The third-order valence-electron chi connectivity index (χ3n) is 4.10. The molecule has 4 aromatic rings. The molecule has 0 saturated carbocycles. The molecule has 0 atom stereocenters. The molecule has 0 radical (unpaired) electrons. The number of benzene rings is 2. The van der Waals surface area contributed by atoms with E-state index in [9.17, 15) is 4.79 Å². The first-order valence-electron chi connectivity index (χ1n) is 8.18. The van der Waals surface area contributed by atoms with Crippen LogP contribution in [0.5, 0.6) is 0 Å². The first-order valence-corrected chi connectivity index (χ1v) is 8.94. The van der Waals surface area contributed by atoms with Crippen molar-refractivity contribution < 1.29 is 4.79 Å². The number of halogens is 2. The average Bonchev–Trinajstić information content (AvgIpc) is 2.70. The number of rotatable bonds is 3. The summed E-state index contributed by atoms with van der Waals surface area (Å²) in [5, 5.41) is 4.49. The molecule has 0 spiro atoms. The standard InChI is InChI=1S/C21H13Cl2N3O/c22-14-7-8-19(17(23)10-14)26-21(27)16-11-20(13-4-3-9-24-12-13)25-18-6-2-1-5-15(16)18/h1-12H,(H,26,27). The van der Waals surface area contributed by atoms with Gasteiger partial charge >= 0.3 is 0 Å². The van der Waals surface area contributed by atoms with E-state index in [0.29, 0.717) is 27.0 Å². The third kappa shape index (κ3) is 3.63. The molecule has 4 rings (SSSR count). The van der Waals surface area contributed by atoms with Crippen molar-refractivity contribution in [3.63, 3.8) is 0 Å². The largest absolute Gasteiger partial charge is 0.321 e. The molecule has 1 amide bonds. The number of anilines is 1. The van der Waals surface area contributed by atoms with Crippen molar-refractivity contribution in [2.75, 3.05) is 5.32 Å². The van der Waals surface area contributed by atoms with Gasteiger partial charge in [-0.1, -0.05) is 41.4 Å². The zero-order valence-corrected chi connectivity index (χ0v) is 15.5. The highest BCUT2D eigenvalue weighted by Gasteiger charge is 2.15. The normalized spacial score (nSPS) is 10.7. The van der Waals surface area contributed by atoms with Gasteiger partial charge < -0.3 is 5.32 Å². The smallest absolute Gasteiger partial charge is 0.256 e. The summed E-state index contributed by atoms with van der Waals surface area (Å²) in [5.41, 5.74) is 3.24. The predicted octanol–water partition coefficient (Wildman–Crippen LogP) is 5.86. The molecular weight excluding hydrogens is 381 g/mol. The van der Waals surface area contributed by atoms with Crippen LogP contribution >= 0.6 is 23.2 Å². The van der Waals surface area contributed by atoms with Crippen LogP contribution in [-0.2, 0) is 0 Å². The Hall–Kier alpha value is -2.95. The quantitative estimate of drug-likeness (QED) is 0.474. The molecule has 0 unspecified atom stereocenters. The minimum absolute atomic E-state index is 0.275. The number of hydrogen-bond acceptors (Lipinski definition) is 3. The Morgan fingerprint density at radius 3 is 2.59 bits per heavy atom. The molecule has 0 bridgehead atoms. The van der Waals surface area contributed by atoms with Crippen molar-refractivity contribution in [1.29, 1.82) is 0 Å². The van der Waals surface area contributed by atoms with Gasteiger partial charge in [0.15, 0.2) is 0 Å². The molecular formula is C21H13Cl2N3O. The van der Waals surface area contributed by atoms with Crippen molar-refractivity contribution in [3.05, 3.63) is 88.7 Å². The number of pyridine rings is 2. The first kappa shape index (κ1) is 17.5. The molecule has 0 aliphatic carbocycles. The Labute approximate surface area is 165 Å². The van der Waals surface area contributed by atoms with Crippen LogP contribution in [-0.4, -0.2) is 15.9 Å². The van der Waals surface area contributed by atoms with Crippen molar-refractivity contribution in [1.82, 2.24) is 9.97 Å². The molecule has 0 fully saturated rings. The molecule has 0 saturated heterocycles. The molecule has 6 heteroatoms. The van der Waals surface area contributed by atoms with Gasteiger partial charge in [-0.15, -0.1) is 0 Å². The number of nitrogens with zero attached hydrogens (tertiary/aromatic N) is 2. The number of para-hydroxylation sites is 1. The summed E-state index contributed by atoms with van der Waals surface area (Å²) in [6.45, 7) is 0. The summed E-state index contributed by atoms with van der Waals surface area (Å²) >= 11 is 12.1. The Morgan fingerprint density at radius 1 is 0.963 bits per heavy atom. The van der Waals surface area contributed by atoms with Crippen LogP contribution in [0.25, 0.3) is 22.2 Å². The monoisotopic (exact) mass is 393 g/mol. The lowest BCUT2D eigenvalue weighted by atomic mass is 10.0. The van der Waals surface area contributed by atoms with E-state index in [4.69, 9.17) is 23.2 Å². The van der Waals surface area contributed by atoms with Gasteiger partial charge in [-0.25, -0.2) is 4.98 Å². The maximum Gasteiger partial charge on any atom is 0.256 e. The van der Waals surface area contributed by atoms with Crippen LogP contribution in [0.4, 0.5) is 5.69 Å². The van der Waals surface area contributed by atoms with E-state index < -0.39 is 0 Å².